The molecule has 1 aromatic rings. The Balaban J connectivity index is 2.48. The summed E-state index contributed by atoms with van der Waals surface area (Å²) in [4.78, 5) is 21.7. The standard InChI is InChI=1S/C13H15NO5S/c1-11(15)10-19-13(16)9-14-20(17,18)8-7-12-5-3-2-4-6-12/h2-8,14H,9-10H2,1H3/b8-7+. The van der Waals surface area contributed by atoms with Crippen molar-refractivity contribution < 1.29 is 22.7 Å². The van der Waals surface area contributed by atoms with E-state index in [9.17, 15) is 18.0 Å². The van der Waals surface area contributed by atoms with Gasteiger partial charge in [-0.05, 0) is 18.6 Å². The van der Waals surface area contributed by atoms with Crippen LogP contribution >= 0.6 is 0 Å². The molecule has 0 fully saturated rings. The van der Waals surface area contributed by atoms with Crippen molar-refractivity contribution in [3.05, 3.63) is 41.3 Å². The third kappa shape index (κ3) is 6.81. The second kappa shape index (κ2) is 7.56. The number of carbonyl (C=O) groups excluding carboxylic acids is 2. The Morgan fingerprint density at radius 1 is 1.25 bits per heavy atom. The second-order valence-electron chi connectivity index (χ2n) is 3.94. The maximum atomic E-state index is 11.6. The molecule has 0 aromatic heterocycles. The highest BCUT2D eigenvalue weighted by Gasteiger charge is 2.10. The molecule has 7 heteroatoms. The van der Waals surface area contributed by atoms with Gasteiger partial charge in [0.05, 0.1) is 0 Å². The van der Waals surface area contributed by atoms with E-state index >= 15 is 0 Å². The maximum absolute atomic E-state index is 11.6. The van der Waals surface area contributed by atoms with E-state index in [4.69, 9.17) is 0 Å². The monoisotopic (exact) mass is 297 g/mol. The van der Waals surface area contributed by atoms with E-state index in [1.165, 1.54) is 13.0 Å². The lowest BCUT2D eigenvalue weighted by molar-refractivity contribution is -0.146. The number of esters is 1. The molecule has 0 heterocycles. The van der Waals surface area contributed by atoms with Crippen molar-refractivity contribution in [3.63, 3.8) is 0 Å². The highest BCUT2D eigenvalue weighted by Crippen LogP contribution is 2.02. The maximum Gasteiger partial charge on any atom is 0.321 e. The fourth-order valence-corrected chi connectivity index (χ4v) is 1.92. The van der Waals surface area contributed by atoms with Crippen LogP contribution in [-0.4, -0.2) is 33.3 Å². The van der Waals surface area contributed by atoms with Crippen molar-refractivity contribution in [1.82, 2.24) is 4.72 Å². The molecule has 0 unspecified atom stereocenters. The van der Waals surface area contributed by atoms with Gasteiger partial charge < -0.3 is 4.74 Å². The smallest absolute Gasteiger partial charge is 0.321 e. The van der Waals surface area contributed by atoms with Gasteiger partial charge in [0.1, 0.15) is 13.2 Å². The Hall–Kier alpha value is -1.99. The van der Waals surface area contributed by atoms with Gasteiger partial charge >= 0.3 is 5.97 Å². The van der Waals surface area contributed by atoms with Crippen molar-refractivity contribution in [2.24, 2.45) is 0 Å². The summed E-state index contributed by atoms with van der Waals surface area (Å²) in [6.45, 7) is 0.384. The van der Waals surface area contributed by atoms with Crippen molar-refractivity contribution in [3.8, 4) is 0 Å². The van der Waals surface area contributed by atoms with E-state index in [0.29, 0.717) is 0 Å². The Bertz CT molecular complexity index is 592. The Labute approximate surface area is 117 Å². The number of benzene rings is 1. The average Bonchev–Trinajstić information content (AvgIpc) is 2.42. The van der Waals surface area contributed by atoms with Crippen LogP contribution in [0.2, 0.25) is 0 Å². The molecule has 1 rings (SSSR count). The van der Waals surface area contributed by atoms with Crippen LogP contribution in [-0.2, 0) is 24.3 Å². The molecule has 20 heavy (non-hydrogen) atoms. The number of hydrogen-bond acceptors (Lipinski definition) is 5. The summed E-state index contributed by atoms with van der Waals surface area (Å²) in [5, 5.41) is 0.959. The molecule has 0 radical (unpaired) electrons. The number of carbonyl (C=O) groups is 2. The summed E-state index contributed by atoms with van der Waals surface area (Å²) in [6.07, 6.45) is 1.41. The third-order valence-corrected chi connectivity index (χ3v) is 3.13. The fraction of sp³-hybridized carbons (Fsp3) is 0.231. The molecule has 0 saturated heterocycles. The zero-order valence-electron chi connectivity index (χ0n) is 10.9. The molecule has 0 bridgehead atoms. The van der Waals surface area contributed by atoms with Gasteiger partial charge in [-0.25, -0.2) is 13.1 Å². The molecule has 1 N–H and O–H groups in total. The number of rotatable bonds is 7. The molecule has 108 valence electrons. The van der Waals surface area contributed by atoms with Crippen molar-refractivity contribution in [1.29, 1.82) is 0 Å². The molecule has 6 nitrogen and oxygen atoms in total. The number of sulfonamides is 1. The van der Waals surface area contributed by atoms with E-state index in [1.807, 2.05) is 6.07 Å². The minimum atomic E-state index is -3.73. The SMILES string of the molecule is CC(=O)COC(=O)CNS(=O)(=O)/C=C/c1ccccc1. The first kappa shape index (κ1) is 16.1. The van der Waals surface area contributed by atoms with Crippen molar-refractivity contribution in [2.75, 3.05) is 13.2 Å². The van der Waals surface area contributed by atoms with E-state index in [0.717, 1.165) is 11.0 Å². The van der Waals surface area contributed by atoms with Crippen LogP contribution in [0.25, 0.3) is 6.08 Å². The van der Waals surface area contributed by atoms with Gasteiger partial charge in [-0.1, -0.05) is 30.3 Å². The van der Waals surface area contributed by atoms with Crippen LogP contribution in [0.1, 0.15) is 12.5 Å². The van der Waals surface area contributed by atoms with Crippen LogP contribution < -0.4 is 4.72 Å². The molecule has 0 saturated carbocycles. The third-order valence-electron chi connectivity index (χ3n) is 2.09. The first-order valence-corrected chi connectivity index (χ1v) is 7.31. The molecule has 0 atom stereocenters. The van der Waals surface area contributed by atoms with Crippen LogP contribution in [0.15, 0.2) is 35.7 Å². The molecule has 1 aromatic carbocycles. The predicted molar refractivity (Wildman–Crippen MR) is 74.0 cm³/mol. The lowest BCUT2D eigenvalue weighted by atomic mass is 10.2. The fourth-order valence-electron chi connectivity index (χ4n) is 1.17. The van der Waals surface area contributed by atoms with Gasteiger partial charge in [0.2, 0.25) is 10.0 Å². The van der Waals surface area contributed by atoms with Gasteiger partial charge in [0.25, 0.3) is 0 Å². The molecule has 0 amide bonds. The van der Waals surface area contributed by atoms with Crippen molar-refractivity contribution >= 4 is 27.9 Å². The molecular weight excluding hydrogens is 282 g/mol. The van der Waals surface area contributed by atoms with Gasteiger partial charge in [-0.2, -0.15) is 0 Å². The molecule has 0 aliphatic heterocycles. The zero-order chi connectivity index (χ0) is 15.0. The van der Waals surface area contributed by atoms with Gasteiger partial charge in [-0.3, -0.25) is 9.59 Å². The first-order valence-electron chi connectivity index (χ1n) is 5.77. The minimum Gasteiger partial charge on any atom is -0.457 e. The van der Waals surface area contributed by atoms with E-state index in [1.54, 1.807) is 24.3 Å². The Kier molecular flexibility index (Phi) is 6.08. The lowest BCUT2D eigenvalue weighted by Crippen LogP contribution is -2.30. The number of hydrogen-bond donors (Lipinski definition) is 1. The normalized spacial score (nSPS) is 11.4. The van der Waals surface area contributed by atoms with E-state index in [2.05, 4.69) is 9.46 Å². The first-order chi connectivity index (χ1) is 9.39. The van der Waals surface area contributed by atoms with E-state index in [-0.39, 0.29) is 12.4 Å². The molecule has 0 aliphatic rings. The number of ketones is 1. The van der Waals surface area contributed by atoms with Gasteiger partial charge in [0.15, 0.2) is 5.78 Å². The summed E-state index contributed by atoms with van der Waals surface area (Å²) < 4.78 is 29.7. The van der Waals surface area contributed by atoms with Crippen LogP contribution in [0.5, 0.6) is 0 Å². The summed E-state index contributed by atoms with van der Waals surface area (Å²) in [7, 11) is -3.73. The number of Topliss-reactive ketones (excluding diaryl/α,β-unsaturated/α-hetero) is 1. The molecule has 0 aliphatic carbocycles. The van der Waals surface area contributed by atoms with Crippen LogP contribution in [0.4, 0.5) is 0 Å². The Morgan fingerprint density at radius 3 is 2.50 bits per heavy atom. The average molecular weight is 297 g/mol. The number of ether oxygens (including phenoxy) is 1. The summed E-state index contributed by atoms with van der Waals surface area (Å²) in [6, 6.07) is 8.85. The van der Waals surface area contributed by atoms with Gasteiger partial charge in [0, 0.05) is 5.41 Å². The van der Waals surface area contributed by atoms with Gasteiger partial charge in [-0.15, -0.1) is 0 Å². The summed E-state index contributed by atoms with van der Waals surface area (Å²) in [5.41, 5.74) is 0.719. The zero-order valence-corrected chi connectivity index (χ0v) is 11.7. The van der Waals surface area contributed by atoms with Crippen LogP contribution in [0, 0.1) is 0 Å². The highest BCUT2D eigenvalue weighted by atomic mass is 32.2. The Morgan fingerprint density at radius 2 is 1.90 bits per heavy atom. The molecule has 0 spiro atoms. The largest absolute Gasteiger partial charge is 0.457 e. The van der Waals surface area contributed by atoms with E-state index < -0.39 is 22.5 Å². The van der Waals surface area contributed by atoms with Crippen LogP contribution in [0.3, 0.4) is 0 Å². The number of nitrogens with one attached hydrogen (secondary N) is 1. The molecular formula is C13H15NO5S. The predicted octanol–water partition coefficient (Wildman–Crippen LogP) is 0.709. The minimum absolute atomic E-state index is 0.315. The highest BCUT2D eigenvalue weighted by molar-refractivity contribution is 7.92. The summed E-state index contributed by atoms with van der Waals surface area (Å²) in [5.74, 6) is -1.12. The quantitative estimate of drug-likeness (QED) is 0.749. The summed E-state index contributed by atoms with van der Waals surface area (Å²) >= 11 is 0. The lowest BCUT2D eigenvalue weighted by Gasteiger charge is -2.03. The topological polar surface area (TPSA) is 89.5 Å². The van der Waals surface area contributed by atoms with Crippen molar-refractivity contribution in [2.45, 2.75) is 6.92 Å². The second-order valence-corrected chi connectivity index (χ2v) is 5.59.